The molecule has 0 unspecified atom stereocenters. The summed E-state index contributed by atoms with van der Waals surface area (Å²) in [6.07, 6.45) is 1.62. The van der Waals surface area contributed by atoms with Crippen molar-refractivity contribution < 1.29 is 22.6 Å². The van der Waals surface area contributed by atoms with Gasteiger partial charge < -0.3 is 9.47 Å². The zero-order valence-corrected chi connectivity index (χ0v) is 16.6. The molecular weight excluding hydrogens is 423 g/mol. The van der Waals surface area contributed by atoms with E-state index in [0.717, 1.165) is 17.5 Å². The molecule has 2 aromatic carbocycles. The molecule has 32 heavy (non-hydrogen) atoms. The van der Waals surface area contributed by atoms with Gasteiger partial charge in [0.2, 0.25) is 0 Å². The lowest BCUT2D eigenvalue weighted by molar-refractivity contribution is 0.296. The van der Waals surface area contributed by atoms with Crippen LogP contribution in [0.1, 0.15) is 5.82 Å². The summed E-state index contributed by atoms with van der Waals surface area (Å²) in [5.41, 5.74) is 1.42. The second-order valence-electron chi connectivity index (χ2n) is 6.84. The lowest BCUT2D eigenvalue weighted by Crippen LogP contribution is -2.05. The summed E-state index contributed by atoms with van der Waals surface area (Å²) < 4.78 is 53.1. The van der Waals surface area contributed by atoms with Gasteiger partial charge in [-0.05, 0) is 42.5 Å². The highest BCUT2D eigenvalue weighted by Crippen LogP contribution is 2.28. The van der Waals surface area contributed by atoms with E-state index in [9.17, 15) is 13.2 Å². The van der Waals surface area contributed by atoms with Gasteiger partial charge in [0.25, 0.3) is 0 Å². The third-order valence-corrected chi connectivity index (χ3v) is 4.87. The fourth-order valence-electron chi connectivity index (χ4n) is 3.28. The average molecular weight is 437 g/mol. The van der Waals surface area contributed by atoms with E-state index >= 15 is 0 Å². The maximum Gasteiger partial charge on any atom is 0.194 e. The highest BCUT2D eigenvalue weighted by molar-refractivity contribution is 5.85. The summed E-state index contributed by atoms with van der Waals surface area (Å²) in [4.78, 5) is 4.32. The predicted molar refractivity (Wildman–Crippen MR) is 109 cm³/mol. The van der Waals surface area contributed by atoms with Crippen LogP contribution in [-0.4, -0.2) is 31.9 Å². The molecule has 0 N–H and O–H groups in total. The van der Waals surface area contributed by atoms with Gasteiger partial charge in [0, 0.05) is 23.2 Å². The number of methoxy groups -OCH3 is 1. The Morgan fingerprint density at radius 3 is 2.53 bits per heavy atom. The minimum atomic E-state index is -1.53. The Balaban J connectivity index is 1.47. The molecule has 3 aromatic heterocycles. The van der Waals surface area contributed by atoms with E-state index in [-0.39, 0.29) is 17.9 Å². The highest BCUT2D eigenvalue weighted by Gasteiger charge is 2.15. The molecule has 0 aliphatic rings. The largest absolute Gasteiger partial charge is 0.497 e. The molecule has 0 fully saturated rings. The number of hydrogen-bond acceptors (Lipinski definition) is 6. The van der Waals surface area contributed by atoms with Gasteiger partial charge in [-0.1, -0.05) is 0 Å². The number of rotatable bonds is 5. The highest BCUT2D eigenvalue weighted by atomic mass is 19.2. The van der Waals surface area contributed by atoms with Crippen molar-refractivity contribution in [1.82, 2.24) is 24.8 Å². The average Bonchev–Trinajstić information content (AvgIpc) is 3.22. The first kappa shape index (κ1) is 19.7. The van der Waals surface area contributed by atoms with Crippen LogP contribution >= 0.6 is 0 Å². The maximum atomic E-state index is 13.6. The van der Waals surface area contributed by atoms with Crippen LogP contribution in [0.5, 0.6) is 11.5 Å². The zero-order valence-electron chi connectivity index (χ0n) is 16.6. The summed E-state index contributed by atoms with van der Waals surface area (Å²) in [6.45, 7) is 0.0227. The van der Waals surface area contributed by atoms with E-state index < -0.39 is 17.5 Å². The van der Waals surface area contributed by atoms with Gasteiger partial charge in [-0.15, -0.1) is 10.2 Å². The summed E-state index contributed by atoms with van der Waals surface area (Å²) in [7, 11) is 1.58. The first-order chi connectivity index (χ1) is 15.5. The van der Waals surface area contributed by atoms with Crippen molar-refractivity contribution in [2.75, 3.05) is 7.11 Å². The predicted octanol–water partition coefficient (Wildman–Crippen LogP) is 4.34. The van der Waals surface area contributed by atoms with Crippen LogP contribution in [0.2, 0.25) is 0 Å². The third kappa shape index (κ3) is 3.45. The molecule has 160 valence electrons. The maximum absolute atomic E-state index is 13.6. The van der Waals surface area contributed by atoms with E-state index in [2.05, 4.69) is 20.3 Å². The standard InChI is InChI=1S/C22H14F3N5O2/c1-31-13-2-3-14-18(10-13)26-7-6-19(14)32-11-21-28-27-20-5-4-17(29-30(20)21)12-8-15(23)22(25)16(24)9-12/h2-10H,11H2,1H3. The number of pyridine rings is 1. The molecular formula is C22H14F3N5O2. The number of nitrogens with zero attached hydrogens (tertiary/aromatic N) is 5. The first-order valence-electron chi connectivity index (χ1n) is 9.45. The summed E-state index contributed by atoms with van der Waals surface area (Å²) in [5.74, 6) is -2.51. The Morgan fingerprint density at radius 1 is 0.938 bits per heavy atom. The lowest BCUT2D eigenvalue weighted by atomic mass is 10.1. The normalized spacial score (nSPS) is 11.2. The van der Waals surface area contributed by atoms with Gasteiger partial charge in [0.1, 0.15) is 18.1 Å². The van der Waals surface area contributed by atoms with Crippen molar-refractivity contribution in [2.45, 2.75) is 6.61 Å². The van der Waals surface area contributed by atoms with Gasteiger partial charge >= 0.3 is 0 Å². The second-order valence-corrected chi connectivity index (χ2v) is 6.84. The third-order valence-electron chi connectivity index (χ3n) is 4.87. The van der Waals surface area contributed by atoms with Crippen LogP contribution < -0.4 is 9.47 Å². The fraction of sp³-hybridized carbons (Fsp3) is 0.0909. The van der Waals surface area contributed by atoms with Crippen LogP contribution in [0.25, 0.3) is 27.8 Å². The zero-order chi connectivity index (χ0) is 22.2. The summed E-state index contributed by atoms with van der Waals surface area (Å²) >= 11 is 0. The van der Waals surface area contributed by atoms with E-state index in [1.807, 2.05) is 6.07 Å². The number of halogens is 3. The van der Waals surface area contributed by atoms with Crippen molar-refractivity contribution >= 4 is 16.6 Å². The minimum Gasteiger partial charge on any atom is -0.497 e. The van der Waals surface area contributed by atoms with Crippen LogP contribution in [0.4, 0.5) is 13.2 Å². The monoisotopic (exact) mass is 437 g/mol. The quantitative estimate of drug-likeness (QED) is 0.381. The van der Waals surface area contributed by atoms with Crippen LogP contribution in [0.3, 0.4) is 0 Å². The van der Waals surface area contributed by atoms with Gasteiger partial charge in [0.05, 0.1) is 18.3 Å². The molecule has 0 saturated heterocycles. The van der Waals surface area contributed by atoms with Crippen molar-refractivity contribution in [3.63, 3.8) is 0 Å². The molecule has 0 atom stereocenters. The molecule has 5 rings (SSSR count). The molecule has 0 aliphatic carbocycles. The van der Waals surface area contributed by atoms with Gasteiger partial charge in [0.15, 0.2) is 28.9 Å². The van der Waals surface area contributed by atoms with Gasteiger partial charge in [-0.25, -0.2) is 13.2 Å². The Labute approximate surface area is 179 Å². The summed E-state index contributed by atoms with van der Waals surface area (Å²) in [5, 5.41) is 13.2. The Morgan fingerprint density at radius 2 is 1.75 bits per heavy atom. The Bertz CT molecular complexity index is 1450. The van der Waals surface area contributed by atoms with Gasteiger partial charge in [-0.3, -0.25) is 4.98 Å². The molecule has 0 radical (unpaired) electrons. The lowest BCUT2D eigenvalue weighted by Gasteiger charge is -2.09. The van der Waals surface area contributed by atoms with Crippen LogP contribution in [0.15, 0.2) is 54.7 Å². The van der Waals surface area contributed by atoms with Crippen LogP contribution in [-0.2, 0) is 6.61 Å². The molecule has 0 amide bonds. The smallest absolute Gasteiger partial charge is 0.194 e. The molecule has 5 aromatic rings. The topological polar surface area (TPSA) is 74.4 Å². The molecule has 0 aliphatic heterocycles. The molecule has 3 heterocycles. The van der Waals surface area contributed by atoms with Crippen LogP contribution in [0, 0.1) is 17.5 Å². The number of ether oxygens (including phenoxy) is 2. The number of benzene rings is 2. The van der Waals surface area contributed by atoms with Crippen molar-refractivity contribution in [2.24, 2.45) is 0 Å². The second kappa shape index (κ2) is 7.80. The fourth-order valence-corrected chi connectivity index (χ4v) is 3.28. The number of aromatic nitrogens is 5. The Hall–Kier alpha value is -4.21. The van der Waals surface area contributed by atoms with Crippen molar-refractivity contribution in [3.8, 4) is 22.8 Å². The molecule has 10 heteroatoms. The van der Waals surface area contributed by atoms with E-state index in [1.165, 1.54) is 10.6 Å². The SMILES string of the molecule is COc1ccc2c(OCc3nnc4ccc(-c5cc(F)c(F)c(F)c5)nn34)ccnc2c1. The van der Waals surface area contributed by atoms with Crippen molar-refractivity contribution in [1.29, 1.82) is 0 Å². The molecule has 7 nitrogen and oxygen atoms in total. The number of hydrogen-bond donors (Lipinski definition) is 0. The number of fused-ring (bicyclic) bond motifs is 2. The molecule has 0 bridgehead atoms. The Kier molecular flexibility index (Phi) is 4.81. The molecule has 0 spiro atoms. The van der Waals surface area contributed by atoms with E-state index in [0.29, 0.717) is 28.5 Å². The summed E-state index contributed by atoms with van der Waals surface area (Å²) in [6, 6.07) is 12.0. The van der Waals surface area contributed by atoms with Gasteiger partial charge in [-0.2, -0.15) is 9.61 Å². The minimum absolute atomic E-state index is 0.0227. The first-order valence-corrected chi connectivity index (χ1v) is 9.45. The van der Waals surface area contributed by atoms with E-state index in [4.69, 9.17) is 9.47 Å². The van der Waals surface area contributed by atoms with Crippen molar-refractivity contribution in [3.05, 3.63) is 78.0 Å². The van der Waals surface area contributed by atoms with E-state index in [1.54, 1.807) is 37.6 Å². The molecule has 0 saturated carbocycles.